The van der Waals surface area contributed by atoms with Gasteiger partial charge < -0.3 is 0 Å². The largest absolute Gasteiger partial charge is 0.291 e. The van der Waals surface area contributed by atoms with E-state index in [9.17, 15) is 9.18 Å². The van der Waals surface area contributed by atoms with Gasteiger partial charge in [-0.3, -0.25) is 14.8 Å². The maximum atomic E-state index is 13.9. The van der Waals surface area contributed by atoms with Gasteiger partial charge in [0.2, 0.25) is 5.95 Å². The van der Waals surface area contributed by atoms with Gasteiger partial charge in [-0.1, -0.05) is 17.7 Å². The van der Waals surface area contributed by atoms with Crippen LogP contribution in [0.2, 0.25) is 5.02 Å². The van der Waals surface area contributed by atoms with Gasteiger partial charge in [0.1, 0.15) is 18.2 Å². The maximum absolute atomic E-state index is 13.9. The van der Waals surface area contributed by atoms with Crippen molar-refractivity contribution in [3.63, 3.8) is 0 Å². The van der Waals surface area contributed by atoms with E-state index in [-0.39, 0.29) is 18.4 Å². The number of anilines is 1. The lowest BCUT2D eigenvalue weighted by atomic mass is 10.2. The van der Waals surface area contributed by atoms with Gasteiger partial charge in [0.15, 0.2) is 0 Å². The van der Waals surface area contributed by atoms with Gasteiger partial charge in [0.05, 0.1) is 16.7 Å². The third kappa shape index (κ3) is 3.94. The van der Waals surface area contributed by atoms with E-state index < -0.39 is 11.9 Å². The molecule has 3 aromatic rings. The van der Waals surface area contributed by atoms with Gasteiger partial charge in [0.25, 0.3) is 5.91 Å². The normalized spacial score (nSPS) is 12.2. The van der Waals surface area contributed by atoms with Crippen LogP contribution in [-0.4, -0.2) is 30.5 Å². The van der Waals surface area contributed by atoms with Crippen LogP contribution in [0.25, 0.3) is 0 Å². The topological polar surface area (TPSA) is 77.6 Å². The van der Waals surface area contributed by atoms with Gasteiger partial charge in [-0.2, -0.15) is 5.10 Å². The van der Waals surface area contributed by atoms with Crippen LogP contribution in [0, 0.1) is 12.7 Å². The number of amides is 1. The van der Waals surface area contributed by atoms with E-state index in [0.29, 0.717) is 10.6 Å². The molecular weight excluding hydrogens is 427 g/mol. The van der Waals surface area contributed by atoms with Gasteiger partial charge in [-0.15, -0.1) is 5.10 Å². The predicted molar refractivity (Wildman–Crippen MR) is 98.5 cm³/mol. The van der Waals surface area contributed by atoms with Crippen LogP contribution in [0.3, 0.4) is 0 Å². The Bertz CT molecular complexity index is 916. The number of benzene rings is 1. The molecule has 0 aliphatic carbocycles. The molecule has 1 unspecified atom stereocenters. The third-order valence-electron chi connectivity index (χ3n) is 3.79. The first-order chi connectivity index (χ1) is 12.3. The number of hydrogen-bond donors (Lipinski definition) is 1. The summed E-state index contributed by atoms with van der Waals surface area (Å²) in [6.45, 7) is 3.65. The van der Waals surface area contributed by atoms with Gasteiger partial charge in [-0.05, 0) is 41.9 Å². The second-order valence-corrected chi connectivity index (χ2v) is 6.94. The predicted octanol–water partition coefficient (Wildman–Crippen LogP) is 3.59. The number of carbonyl (C=O) groups is 1. The zero-order chi connectivity index (χ0) is 18.8. The van der Waals surface area contributed by atoms with E-state index in [1.165, 1.54) is 23.1 Å². The summed E-state index contributed by atoms with van der Waals surface area (Å²) >= 11 is 9.37. The second kappa shape index (κ2) is 7.55. The first-order valence-corrected chi connectivity index (χ1v) is 8.86. The minimum atomic E-state index is -0.548. The molecule has 10 heteroatoms. The first-order valence-electron chi connectivity index (χ1n) is 7.69. The highest BCUT2D eigenvalue weighted by atomic mass is 79.9. The van der Waals surface area contributed by atoms with Crippen LogP contribution in [0.15, 0.2) is 35.2 Å². The first kappa shape index (κ1) is 18.5. The smallest absolute Gasteiger partial charge is 0.251 e. The van der Waals surface area contributed by atoms with Crippen LogP contribution < -0.4 is 5.32 Å². The van der Waals surface area contributed by atoms with Crippen molar-refractivity contribution in [3.8, 4) is 0 Å². The molecule has 3 rings (SSSR count). The Balaban J connectivity index is 1.69. The van der Waals surface area contributed by atoms with E-state index in [4.69, 9.17) is 11.6 Å². The summed E-state index contributed by atoms with van der Waals surface area (Å²) in [5.41, 5.74) is 1.09. The molecule has 0 saturated carbocycles. The Morgan fingerprint density at radius 3 is 2.85 bits per heavy atom. The average molecular weight is 442 g/mol. The van der Waals surface area contributed by atoms with E-state index >= 15 is 0 Å². The third-order valence-corrected chi connectivity index (χ3v) is 4.92. The number of carbonyl (C=O) groups excluding carboxylic acids is 1. The molecule has 7 nitrogen and oxygen atoms in total. The Morgan fingerprint density at radius 2 is 2.19 bits per heavy atom. The van der Waals surface area contributed by atoms with Crippen molar-refractivity contribution in [2.24, 2.45) is 0 Å². The lowest BCUT2D eigenvalue weighted by Gasteiger charge is -2.10. The summed E-state index contributed by atoms with van der Waals surface area (Å²) in [4.78, 5) is 16.4. The highest BCUT2D eigenvalue weighted by molar-refractivity contribution is 9.10. The van der Waals surface area contributed by atoms with Crippen LogP contribution in [0.4, 0.5) is 10.3 Å². The van der Waals surface area contributed by atoms with E-state index in [1.807, 2.05) is 6.92 Å². The lowest BCUT2D eigenvalue weighted by Crippen LogP contribution is -2.24. The van der Waals surface area contributed by atoms with Crippen molar-refractivity contribution in [2.75, 3.05) is 5.32 Å². The van der Waals surface area contributed by atoms with Crippen LogP contribution >= 0.6 is 27.5 Å². The molecule has 1 N–H and O–H groups in total. The lowest BCUT2D eigenvalue weighted by molar-refractivity contribution is -0.119. The van der Waals surface area contributed by atoms with Crippen LogP contribution in [0.1, 0.15) is 24.2 Å². The summed E-state index contributed by atoms with van der Waals surface area (Å²) in [5.74, 6) is -0.620. The maximum Gasteiger partial charge on any atom is 0.251 e. The number of nitrogens with one attached hydrogen (secondary N) is 1. The molecule has 1 atom stereocenters. The number of aryl methyl sites for hydroxylation is 1. The number of rotatable bonds is 5. The number of hydrogen-bond acceptors (Lipinski definition) is 4. The van der Waals surface area contributed by atoms with Crippen molar-refractivity contribution < 1.29 is 9.18 Å². The molecule has 0 radical (unpaired) electrons. The molecule has 0 saturated heterocycles. The summed E-state index contributed by atoms with van der Waals surface area (Å²) in [5, 5.41) is 11.3. The van der Waals surface area contributed by atoms with E-state index in [0.717, 1.165) is 10.2 Å². The highest BCUT2D eigenvalue weighted by Gasteiger charge is 2.19. The van der Waals surface area contributed by atoms with Crippen molar-refractivity contribution in [1.29, 1.82) is 0 Å². The molecule has 136 valence electrons. The quantitative estimate of drug-likeness (QED) is 0.656. The summed E-state index contributed by atoms with van der Waals surface area (Å²) in [7, 11) is 0. The van der Waals surface area contributed by atoms with Crippen LogP contribution in [0.5, 0.6) is 0 Å². The van der Waals surface area contributed by atoms with E-state index in [1.54, 1.807) is 23.9 Å². The number of nitrogens with zero attached hydrogens (tertiary/aromatic N) is 5. The van der Waals surface area contributed by atoms with E-state index in [2.05, 4.69) is 36.4 Å². The molecule has 0 aliphatic heterocycles. The molecule has 2 heterocycles. The fraction of sp³-hybridized carbons (Fsp3) is 0.250. The summed E-state index contributed by atoms with van der Waals surface area (Å²) in [6.07, 6.45) is 3.13. The van der Waals surface area contributed by atoms with Crippen LogP contribution in [-0.2, 0) is 11.3 Å². The average Bonchev–Trinajstić information content (AvgIpc) is 3.17. The molecule has 2 aromatic heterocycles. The van der Waals surface area contributed by atoms with Crippen molar-refractivity contribution in [3.05, 3.63) is 57.3 Å². The molecule has 0 spiro atoms. The molecule has 0 fully saturated rings. The zero-order valence-corrected chi connectivity index (χ0v) is 16.3. The van der Waals surface area contributed by atoms with Gasteiger partial charge in [-0.25, -0.2) is 14.1 Å². The minimum absolute atomic E-state index is 0.106. The standard InChI is InChI=1S/C16H15BrClFN6O/c1-9-12(17)7-25(22-9)10(2)15(26)21-16-20-8-24(23-16)6-11-13(18)4-3-5-14(11)19/h3-5,7-8,10H,6H2,1-2H3,(H,21,23,26). The number of aromatic nitrogens is 5. The monoisotopic (exact) mass is 440 g/mol. The van der Waals surface area contributed by atoms with Crippen molar-refractivity contribution >= 4 is 39.4 Å². The Kier molecular flexibility index (Phi) is 5.38. The molecule has 26 heavy (non-hydrogen) atoms. The molecule has 1 aromatic carbocycles. The molecule has 1 amide bonds. The second-order valence-electron chi connectivity index (χ2n) is 5.67. The zero-order valence-electron chi connectivity index (χ0n) is 13.9. The Morgan fingerprint density at radius 1 is 1.42 bits per heavy atom. The number of halogens is 3. The van der Waals surface area contributed by atoms with Crippen molar-refractivity contribution in [2.45, 2.75) is 26.4 Å². The SMILES string of the molecule is Cc1nn(C(C)C(=O)Nc2ncn(Cc3c(F)cccc3Cl)n2)cc1Br. The van der Waals surface area contributed by atoms with Crippen molar-refractivity contribution in [1.82, 2.24) is 24.5 Å². The summed E-state index contributed by atoms with van der Waals surface area (Å²) < 4.78 is 17.6. The van der Waals surface area contributed by atoms with Gasteiger partial charge >= 0.3 is 0 Å². The Labute approximate surface area is 162 Å². The highest BCUT2D eigenvalue weighted by Crippen LogP contribution is 2.20. The van der Waals surface area contributed by atoms with Gasteiger partial charge in [0, 0.05) is 16.8 Å². The molecule has 0 bridgehead atoms. The Hall–Kier alpha value is -2.26. The molecular formula is C16H15BrClFN6O. The summed E-state index contributed by atoms with van der Waals surface area (Å²) in [6, 6.07) is 3.91. The molecule has 0 aliphatic rings. The fourth-order valence-corrected chi connectivity index (χ4v) is 2.78. The minimum Gasteiger partial charge on any atom is -0.291 e. The fourth-order valence-electron chi connectivity index (χ4n) is 2.27.